The Kier molecular flexibility index (Phi) is 5.33. The molecule has 0 saturated heterocycles. The molecule has 0 radical (unpaired) electrons. The number of nitrogens with one attached hydrogen (secondary N) is 1. The molecule has 8 heteroatoms. The normalized spacial score (nSPS) is 11.0. The summed E-state index contributed by atoms with van der Waals surface area (Å²) in [5, 5.41) is 4.47. The van der Waals surface area contributed by atoms with E-state index < -0.39 is 0 Å². The Morgan fingerprint density at radius 2 is 2.15 bits per heavy atom. The molecule has 0 aliphatic carbocycles. The highest BCUT2D eigenvalue weighted by atomic mass is 32.1. The van der Waals surface area contributed by atoms with Gasteiger partial charge in [0, 0.05) is 5.56 Å². The number of nitrogens with two attached hydrogens (primary N) is 1. The number of ether oxygens (including phenoxy) is 2. The molecule has 1 aromatic heterocycles. The molecule has 134 valence electrons. The number of aromatic nitrogens is 1. The molecule has 3 aromatic rings. The van der Waals surface area contributed by atoms with E-state index in [0.717, 1.165) is 15.8 Å². The second kappa shape index (κ2) is 7.83. The van der Waals surface area contributed by atoms with E-state index in [9.17, 15) is 4.79 Å². The summed E-state index contributed by atoms with van der Waals surface area (Å²) in [6.45, 7) is 2.42. The highest BCUT2D eigenvalue weighted by molar-refractivity contribution is 7.22. The Morgan fingerprint density at radius 3 is 2.92 bits per heavy atom. The minimum Gasteiger partial charge on any atom is -0.493 e. The molecule has 1 heterocycles. The van der Waals surface area contributed by atoms with Crippen molar-refractivity contribution in [2.24, 2.45) is 5.10 Å². The topological polar surface area (TPSA) is 98.8 Å². The van der Waals surface area contributed by atoms with Gasteiger partial charge in [-0.1, -0.05) is 11.3 Å². The number of fused-ring (bicyclic) bond motifs is 1. The number of benzene rings is 2. The second-order valence-electron chi connectivity index (χ2n) is 5.28. The van der Waals surface area contributed by atoms with Gasteiger partial charge < -0.3 is 15.2 Å². The highest BCUT2D eigenvalue weighted by Gasteiger charge is 2.08. The van der Waals surface area contributed by atoms with Crippen molar-refractivity contribution in [2.75, 3.05) is 19.5 Å². The van der Waals surface area contributed by atoms with Crippen molar-refractivity contribution in [2.45, 2.75) is 6.92 Å². The van der Waals surface area contributed by atoms with Crippen molar-refractivity contribution in [3.8, 4) is 11.5 Å². The Labute approximate surface area is 154 Å². The quantitative estimate of drug-likeness (QED) is 0.513. The van der Waals surface area contributed by atoms with Gasteiger partial charge in [-0.15, -0.1) is 0 Å². The number of anilines is 1. The fourth-order valence-corrected chi connectivity index (χ4v) is 3.13. The van der Waals surface area contributed by atoms with Crippen molar-refractivity contribution >= 4 is 38.8 Å². The van der Waals surface area contributed by atoms with Crippen LogP contribution in [-0.4, -0.2) is 30.8 Å². The molecule has 0 bridgehead atoms. The maximum Gasteiger partial charge on any atom is 0.271 e. The summed E-state index contributed by atoms with van der Waals surface area (Å²) in [6.07, 6.45) is 1.54. The van der Waals surface area contributed by atoms with E-state index in [0.29, 0.717) is 28.8 Å². The van der Waals surface area contributed by atoms with Crippen LogP contribution in [0.4, 0.5) is 5.13 Å². The van der Waals surface area contributed by atoms with Gasteiger partial charge in [0.1, 0.15) is 0 Å². The molecule has 26 heavy (non-hydrogen) atoms. The summed E-state index contributed by atoms with van der Waals surface area (Å²) in [5.74, 6) is 0.956. The third-order valence-corrected chi connectivity index (χ3v) is 4.38. The van der Waals surface area contributed by atoms with Gasteiger partial charge in [-0.05, 0) is 48.9 Å². The zero-order valence-corrected chi connectivity index (χ0v) is 15.2. The molecule has 0 saturated carbocycles. The fourth-order valence-electron chi connectivity index (χ4n) is 2.36. The van der Waals surface area contributed by atoms with Gasteiger partial charge in [0.25, 0.3) is 5.91 Å². The van der Waals surface area contributed by atoms with E-state index in [1.54, 1.807) is 43.7 Å². The fraction of sp³-hybridized carbons (Fsp3) is 0.167. The molecule has 0 atom stereocenters. The van der Waals surface area contributed by atoms with Crippen LogP contribution < -0.4 is 20.6 Å². The van der Waals surface area contributed by atoms with Crippen molar-refractivity contribution in [3.63, 3.8) is 0 Å². The van der Waals surface area contributed by atoms with Crippen LogP contribution >= 0.6 is 11.3 Å². The molecule has 7 nitrogen and oxygen atoms in total. The number of amides is 1. The lowest BCUT2D eigenvalue weighted by molar-refractivity contribution is 0.0955. The second-order valence-corrected chi connectivity index (χ2v) is 6.34. The highest BCUT2D eigenvalue weighted by Crippen LogP contribution is 2.27. The standard InChI is InChI=1S/C18H18N4O3S/c1-3-25-15-8-11(4-7-14(15)24-2)10-20-22-17(23)12-5-6-13-16(9-12)26-18(19)21-13/h4-10H,3H2,1-2H3,(H2,19,21)(H,22,23)/b20-10-. The van der Waals surface area contributed by atoms with Gasteiger partial charge in [0.15, 0.2) is 16.6 Å². The number of rotatable bonds is 6. The van der Waals surface area contributed by atoms with Crippen molar-refractivity contribution in [1.29, 1.82) is 0 Å². The number of hydrogen-bond acceptors (Lipinski definition) is 7. The van der Waals surface area contributed by atoms with Crippen LogP contribution in [0.1, 0.15) is 22.8 Å². The maximum atomic E-state index is 12.2. The number of carbonyl (C=O) groups excluding carboxylic acids is 1. The Bertz CT molecular complexity index is 968. The number of nitrogens with zero attached hydrogens (tertiary/aromatic N) is 2. The van der Waals surface area contributed by atoms with E-state index in [1.807, 2.05) is 13.0 Å². The predicted molar refractivity (Wildman–Crippen MR) is 103 cm³/mol. The number of thiazole rings is 1. The number of methoxy groups -OCH3 is 1. The number of hydrogen-bond donors (Lipinski definition) is 2. The summed E-state index contributed by atoms with van der Waals surface area (Å²) < 4.78 is 11.6. The zero-order valence-electron chi connectivity index (χ0n) is 14.4. The Hall–Kier alpha value is -3.13. The SMILES string of the molecule is CCOc1cc(/C=N\NC(=O)c2ccc3nc(N)sc3c2)ccc1OC. The third-order valence-electron chi connectivity index (χ3n) is 3.53. The van der Waals surface area contributed by atoms with Crippen molar-refractivity contribution in [3.05, 3.63) is 47.5 Å². The smallest absolute Gasteiger partial charge is 0.271 e. The number of carbonyl (C=O) groups is 1. The van der Waals surface area contributed by atoms with Gasteiger partial charge in [-0.25, -0.2) is 10.4 Å². The third kappa shape index (κ3) is 3.92. The van der Waals surface area contributed by atoms with Crippen molar-refractivity contribution in [1.82, 2.24) is 10.4 Å². The number of nitrogen functional groups attached to an aromatic ring is 1. The Balaban J connectivity index is 1.70. The van der Waals surface area contributed by atoms with Gasteiger partial charge in [0.05, 0.1) is 30.1 Å². The molecule has 0 aliphatic heterocycles. The van der Waals surface area contributed by atoms with Gasteiger partial charge >= 0.3 is 0 Å². The summed E-state index contributed by atoms with van der Waals surface area (Å²) in [4.78, 5) is 16.4. The molecule has 3 N–H and O–H groups in total. The van der Waals surface area contributed by atoms with Gasteiger partial charge in [0.2, 0.25) is 0 Å². The largest absolute Gasteiger partial charge is 0.493 e. The molecular formula is C18H18N4O3S. The molecule has 2 aromatic carbocycles. The molecule has 0 spiro atoms. The van der Waals surface area contributed by atoms with Crippen LogP contribution in [0.25, 0.3) is 10.2 Å². The van der Waals surface area contributed by atoms with Crippen LogP contribution in [0.5, 0.6) is 11.5 Å². The first-order valence-corrected chi connectivity index (χ1v) is 8.72. The molecular weight excluding hydrogens is 352 g/mol. The van der Waals surface area contributed by atoms with Crippen LogP contribution in [0.15, 0.2) is 41.5 Å². The van der Waals surface area contributed by atoms with E-state index in [-0.39, 0.29) is 5.91 Å². The minimum atomic E-state index is -0.311. The van der Waals surface area contributed by atoms with Gasteiger partial charge in [-0.3, -0.25) is 4.79 Å². The first kappa shape index (κ1) is 17.7. The first-order chi connectivity index (χ1) is 12.6. The zero-order chi connectivity index (χ0) is 18.5. The number of hydrazone groups is 1. The summed E-state index contributed by atoms with van der Waals surface area (Å²) in [5.41, 5.74) is 10.2. The summed E-state index contributed by atoms with van der Waals surface area (Å²) in [6, 6.07) is 10.6. The average molecular weight is 370 g/mol. The minimum absolute atomic E-state index is 0.311. The lowest BCUT2D eigenvalue weighted by atomic mass is 10.2. The van der Waals surface area contributed by atoms with E-state index in [2.05, 4.69) is 15.5 Å². The van der Waals surface area contributed by atoms with Crippen LogP contribution in [0.3, 0.4) is 0 Å². The summed E-state index contributed by atoms with van der Waals surface area (Å²) >= 11 is 1.34. The predicted octanol–water partition coefficient (Wildman–Crippen LogP) is 3.05. The lowest BCUT2D eigenvalue weighted by Crippen LogP contribution is -2.17. The monoisotopic (exact) mass is 370 g/mol. The first-order valence-electron chi connectivity index (χ1n) is 7.91. The van der Waals surface area contributed by atoms with Crippen LogP contribution in [0, 0.1) is 0 Å². The summed E-state index contributed by atoms with van der Waals surface area (Å²) in [7, 11) is 1.58. The van der Waals surface area contributed by atoms with Crippen LogP contribution in [-0.2, 0) is 0 Å². The lowest BCUT2D eigenvalue weighted by Gasteiger charge is -2.09. The Morgan fingerprint density at radius 1 is 1.31 bits per heavy atom. The molecule has 1 amide bonds. The van der Waals surface area contributed by atoms with Gasteiger partial charge in [-0.2, -0.15) is 5.10 Å². The molecule has 0 unspecified atom stereocenters. The van der Waals surface area contributed by atoms with Crippen LogP contribution in [0.2, 0.25) is 0 Å². The van der Waals surface area contributed by atoms with Crippen molar-refractivity contribution < 1.29 is 14.3 Å². The molecule has 0 fully saturated rings. The maximum absolute atomic E-state index is 12.2. The van der Waals surface area contributed by atoms with E-state index >= 15 is 0 Å². The van der Waals surface area contributed by atoms with E-state index in [1.165, 1.54) is 11.3 Å². The molecule has 3 rings (SSSR count). The molecule has 0 aliphatic rings. The van der Waals surface area contributed by atoms with E-state index in [4.69, 9.17) is 15.2 Å². The average Bonchev–Trinajstić information content (AvgIpc) is 3.01.